The van der Waals surface area contributed by atoms with E-state index in [2.05, 4.69) is 0 Å². The number of carbonyl (C=O) groups excluding carboxylic acids is 3. The summed E-state index contributed by atoms with van der Waals surface area (Å²) in [6, 6.07) is 0. The van der Waals surface area contributed by atoms with Crippen molar-refractivity contribution < 1.29 is 29.0 Å². The molecule has 1 aliphatic carbocycles. The van der Waals surface area contributed by atoms with Crippen LogP contribution in [-0.4, -0.2) is 40.6 Å². The number of esters is 2. The quantitative estimate of drug-likeness (QED) is 0.718. The van der Waals surface area contributed by atoms with Crippen LogP contribution in [0.2, 0.25) is 0 Å². The number of rotatable bonds is 1. The number of hydrogen-bond acceptors (Lipinski definition) is 6. The molecule has 0 bridgehead atoms. The van der Waals surface area contributed by atoms with Gasteiger partial charge in [0.1, 0.15) is 18.0 Å². The lowest BCUT2D eigenvalue weighted by molar-refractivity contribution is -0.182. The number of ether oxygens (including phenoxy) is 2. The van der Waals surface area contributed by atoms with Crippen LogP contribution in [0.25, 0.3) is 0 Å². The molecular formula is C15H20O6. The SMILES string of the molecule is CC(=O)[C@@]1(C)COC(=O)C[C@]23CC(=O)O[C@@]2(C)CC[C@@]31O. The molecule has 0 radical (unpaired) electrons. The first-order valence-electron chi connectivity index (χ1n) is 7.21. The van der Waals surface area contributed by atoms with Gasteiger partial charge in [0.05, 0.1) is 29.3 Å². The molecule has 0 aromatic heterocycles. The summed E-state index contributed by atoms with van der Waals surface area (Å²) in [7, 11) is 0. The highest BCUT2D eigenvalue weighted by Crippen LogP contribution is 2.68. The number of ketones is 1. The lowest BCUT2D eigenvalue weighted by atomic mass is 9.55. The van der Waals surface area contributed by atoms with Crippen molar-refractivity contribution in [2.24, 2.45) is 10.8 Å². The molecule has 6 nitrogen and oxygen atoms in total. The lowest BCUT2D eigenvalue weighted by Gasteiger charge is -2.49. The van der Waals surface area contributed by atoms with E-state index in [1.165, 1.54) is 6.92 Å². The van der Waals surface area contributed by atoms with Crippen LogP contribution < -0.4 is 0 Å². The zero-order valence-electron chi connectivity index (χ0n) is 12.5. The standard InChI is InChI=1S/C15H20O6/c1-9(16)12(2)8-20-10(17)6-14-7-11(18)21-13(14,3)4-5-15(12,14)19/h19H,4-8H2,1-3H3/t12-,13+,14+,15+/m1/s1. The highest BCUT2D eigenvalue weighted by molar-refractivity contribution is 5.87. The molecule has 2 aliphatic heterocycles. The Morgan fingerprint density at radius 1 is 1.14 bits per heavy atom. The predicted octanol–water partition coefficient (Wildman–Crippen LogP) is 0.746. The van der Waals surface area contributed by atoms with Gasteiger partial charge in [-0.2, -0.15) is 0 Å². The van der Waals surface area contributed by atoms with Crippen LogP contribution >= 0.6 is 0 Å². The topological polar surface area (TPSA) is 89.9 Å². The molecule has 0 amide bonds. The van der Waals surface area contributed by atoms with Gasteiger partial charge in [-0.25, -0.2) is 0 Å². The summed E-state index contributed by atoms with van der Waals surface area (Å²) >= 11 is 0. The van der Waals surface area contributed by atoms with Crippen molar-refractivity contribution in [3.8, 4) is 0 Å². The lowest BCUT2D eigenvalue weighted by Crippen LogP contribution is -2.62. The van der Waals surface area contributed by atoms with Crippen LogP contribution in [0.3, 0.4) is 0 Å². The van der Waals surface area contributed by atoms with E-state index in [4.69, 9.17) is 9.47 Å². The number of carbonyl (C=O) groups is 3. The maximum absolute atomic E-state index is 12.2. The summed E-state index contributed by atoms with van der Waals surface area (Å²) in [5.41, 5.74) is -4.74. The highest BCUT2D eigenvalue weighted by atomic mass is 16.6. The van der Waals surface area contributed by atoms with Crippen LogP contribution in [0.4, 0.5) is 0 Å². The van der Waals surface area contributed by atoms with Crippen molar-refractivity contribution in [3.05, 3.63) is 0 Å². The first-order valence-corrected chi connectivity index (χ1v) is 7.21. The van der Waals surface area contributed by atoms with Crippen LogP contribution in [0.5, 0.6) is 0 Å². The number of Topliss-reactive ketones (excluding diaryl/α,β-unsaturated/α-hetero) is 1. The van der Waals surface area contributed by atoms with Crippen molar-refractivity contribution in [2.45, 2.75) is 57.7 Å². The zero-order chi connectivity index (χ0) is 15.7. The van der Waals surface area contributed by atoms with Gasteiger partial charge in [-0.3, -0.25) is 14.4 Å². The predicted molar refractivity (Wildman–Crippen MR) is 70.1 cm³/mol. The van der Waals surface area contributed by atoms with Gasteiger partial charge >= 0.3 is 11.9 Å². The summed E-state index contributed by atoms with van der Waals surface area (Å²) in [5, 5.41) is 11.5. The van der Waals surface area contributed by atoms with E-state index in [0.717, 1.165) is 0 Å². The van der Waals surface area contributed by atoms with Gasteiger partial charge in [0.25, 0.3) is 0 Å². The van der Waals surface area contributed by atoms with Gasteiger partial charge in [-0.1, -0.05) is 0 Å². The Kier molecular flexibility index (Phi) is 2.66. The first kappa shape index (κ1) is 14.5. The molecule has 3 fully saturated rings. The Labute approximate surface area is 122 Å². The van der Waals surface area contributed by atoms with E-state index < -0.39 is 34.0 Å². The van der Waals surface area contributed by atoms with Crippen LogP contribution in [0, 0.1) is 10.8 Å². The monoisotopic (exact) mass is 296 g/mol. The van der Waals surface area contributed by atoms with Crippen LogP contribution in [-0.2, 0) is 23.9 Å². The largest absolute Gasteiger partial charge is 0.464 e. The van der Waals surface area contributed by atoms with Gasteiger partial charge < -0.3 is 14.6 Å². The second kappa shape index (κ2) is 3.85. The molecule has 4 atom stereocenters. The van der Waals surface area contributed by atoms with Crippen molar-refractivity contribution in [3.63, 3.8) is 0 Å². The second-order valence-electron chi connectivity index (χ2n) is 7.05. The Morgan fingerprint density at radius 3 is 2.38 bits per heavy atom. The normalized spacial score (nSPS) is 49.0. The third-order valence-corrected chi connectivity index (χ3v) is 6.21. The molecule has 2 heterocycles. The van der Waals surface area contributed by atoms with Crippen LogP contribution in [0.15, 0.2) is 0 Å². The van der Waals surface area contributed by atoms with Gasteiger partial charge in [-0.05, 0) is 33.6 Å². The van der Waals surface area contributed by atoms with Crippen molar-refractivity contribution in [1.82, 2.24) is 0 Å². The van der Waals surface area contributed by atoms with Gasteiger partial charge in [-0.15, -0.1) is 0 Å². The fraction of sp³-hybridized carbons (Fsp3) is 0.800. The minimum atomic E-state index is -1.49. The second-order valence-corrected chi connectivity index (χ2v) is 7.05. The fourth-order valence-electron chi connectivity index (χ4n) is 4.59. The molecule has 0 unspecified atom stereocenters. The minimum Gasteiger partial charge on any atom is -0.464 e. The molecule has 3 rings (SSSR count). The van der Waals surface area contributed by atoms with E-state index in [1.54, 1.807) is 13.8 Å². The number of aliphatic hydroxyl groups is 1. The number of cyclic esters (lactones) is 1. The number of hydrogen-bond donors (Lipinski definition) is 1. The van der Waals surface area contributed by atoms with Crippen molar-refractivity contribution >= 4 is 17.7 Å². The third kappa shape index (κ3) is 1.44. The maximum Gasteiger partial charge on any atom is 0.307 e. The molecule has 1 N–H and O–H groups in total. The van der Waals surface area contributed by atoms with Crippen molar-refractivity contribution in [1.29, 1.82) is 0 Å². The Bertz CT molecular complexity index is 556. The summed E-state index contributed by atoms with van der Waals surface area (Å²) in [6.07, 6.45) is 0.585. The minimum absolute atomic E-state index is 0.0576. The molecule has 21 heavy (non-hydrogen) atoms. The molecule has 2 saturated heterocycles. The Balaban J connectivity index is 2.25. The zero-order valence-corrected chi connectivity index (χ0v) is 12.5. The Morgan fingerprint density at radius 2 is 1.76 bits per heavy atom. The smallest absolute Gasteiger partial charge is 0.307 e. The van der Waals surface area contributed by atoms with Gasteiger partial charge in [0.15, 0.2) is 0 Å². The van der Waals surface area contributed by atoms with E-state index >= 15 is 0 Å². The first-order chi connectivity index (χ1) is 9.60. The summed E-state index contributed by atoms with van der Waals surface area (Å²) in [6.45, 7) is 4.58. The fourth-order valence-corrected chi connectivity index (χ4v) is 4.59. The Hall–Kier alpha value is -1.43. The van der Waals surface area contributed by atoms with E-state index in [1.807, 2.05) is 0 Å². The van der Waals surface area contributed by atoms with E-state index in [9.17, 15) is 19.5 Å². The van der Waals surface area contributed by atoms with Crippen LogP contribution in [0.1, 0.15) is 46.5 Å². The molecule has 116 valence electrons. The summed E-state index contributed by atoms with van der Waals surface area (Å²) in [5.74, 6) is -1.18. The summed E-state index contributed by atoms with van der Waals surface area (Å²) in [4.78, 5) is 36.2. The third-order valence-electron chi connectivity index (χ3n) is 6.21. The maximum atomic E-state index is 12.2. The molecule has 0 aromatic rings. The van der Waals surface area contributed by atoms with Gasteiger partial charge in [0, 0.05) is 0 Å². The highest BCUT2D eigenvalue weighted by Gasteiger charge is 2.78. The average Bonchev–Trinajstić information content (AvgIpc) is 2.71. The van der Waals surface area contributed by atoms with Gasteiger partial charge in [0.2, 0.25) is 0 Å². The van der Waals surface area contributed by atoms with E-state index in [-0.39, 0.29) is 25.2 Å². The molecule has 1 spiro atoms. The molecule has 3 aliphatic rings. The van der Waals surface area contributed by atoms with Crippen molar-refractivity contribution in [2.75, 3.05) is 6.61 Å². The molecule has 1 saturated carbocycles. The van der Waals surface area contributed by atoms with E-state index in [0.29, 0.717) is 12.8 Å². The molecular weight excluding hydrogens is 276 g/mol. The molecule has 6 heteroatoms. The molecule has 0 aromatic carbocycles. The average molecular weight is 296 g/mol. The summed E-state index contributed by atoms with van der Waals surface area (Å²) < 4.78 is 10.6.